The summed E-state index contributed by atoms with van der Waals surface area (Å²) in [7, 11) is 0. The molecule has 0 atom stereocenters. The fourth-order valence-corrected chi connectivity index (χ4v) is 2.16. The largest absolute Gasteiger partial charge is 0.380 e. The van der Waals surface area contributed by atoms with E-state index in [1.54, 1.807) is 4.90 Å². The normalized spacial score (nSPS) is 16.5. The second-order valence-corrected chi connectivity index (χ2v) is 4.73. The molecule has 0 N–H and O–H groups in total. The monoisotopic (exact) mass is 268 g/mol. The van der Waals surface area contributed by atoms with Crippen LogP contribution >= 0.6 is 0 Å². The second-order valence-electron chi connectivity index (χ2n) is 4.73. The molecule has 0 spiro atoms. The molecule has 1 fully saturated rings. The Kier molecular flexibility index (Phi) is 6.82. The van der Waals surface area contributed by atoms with Gasteiger partial charge in [-0.2, -0.15) is 5.26 Å². The Labute approximate surface area is 115 Å². The molecule has 1 rings (SSSR count). The summed E-state index contributed by atoms with van der Waals surface area (Å²) in [4.78, 5) is 14.2. The highest BCUT2D eigenvalue weighted by Gasteiger charge is 2.46. The third-order valence-corrected chi connectivity index (χ3v) is 3.54. The van der Waals surface area contributed by atoms with Gasteiger partial charge in [0, 0.05) is 26.3 Å². The maximum Gasteiger partial charge on any atom is 0.243 e. The van der Waals surface area contributed by atoms with Gasteiger partial charge < -0.3 is 14.4 Å². The van der Waals surface area contributed by atoms with Crippen LogP contribution < -0.4 is 0 Å². The molecule has 0 aliphatic heterocycles. The van der Waals surface area contributed by atoms with Gasteiger partial charge in [-0.1, -0.05) is 0 Å². The van der Waals surface area contributed by atoms with Crippen LogP contribution in [0.1, 0.15) is 33.1 Å². The fraction of sp³-hybridized carbons (Fsp3) is 0.857. The van der Waals surface area contributed by atoms with E-state index in [2.05, 4.69) is 6.07 Å². The van der Waals surface area contributed by atoms with E-state index < -0.39 is 5.41 Å². The molecule has 0 radical (unpaired) electrons. The Balaban J connectivity index is 2.55. The van der Waals surface area contributed by atoms with Crippen LogP contribution in [0.4, 0.5) is 0 Å². The summed E-state index contributed by atoms with van der Waals surface area (Å²) in [5.41, 5.74) is -0.779. The quantitative estimate of drug-likeness (QED) is 0.596. The van der Waals surface area contributed by atoms with E-state index in [4.69, 9.17) is 9.47 Å². The second kappa shape index (κ2) is 8.13. The van der Waals surface area contributed by atoms with Crippen molar-refractivity contribution in [1.82, 2.24) is 4.90 Å². The summed E-state index contributed by atoms with van der Waals surface area (Å²) < 4.78 is 10.6. The first-order valence-electron chi connectivity index (χ1n) is 7.06. The van der Waals surface area contributed by atoms with Crippen molar-refractivity contribution in [2.24, 2.45) is 5.41 Å². The van der Waals surface area contributed by atoms with Crippen LogP contribution in [0.5, 0.6) is 0 Å². The van der Waals surface area contributed by atoms with Gasteiger partial charge in [0.1, 0.15) is 5.41 Å². The number of hydrogen-bond donors (Lipinski definition) is 0. The van der Waals surface area contributed by atoms with Gasteiger partial charge >= 0.3 is 0 Å². The van der Waals surface area contributed by atoms with Gasteiger partial charge in [-0.25, -0.2) is 0 Å². The molecular weight excluding hydrogens is 244 g/mol. The molecule has 0 unspecified atom stereocenters. The lowest BCUT2D eigenvalue weighted by molar-refractivity contribution is -0.144. The lowest BCUT2D eigenvalue weighted by Crippen LogP contribution is -2.49. The first-order chi connectivity index (χ1) is 9.20. The average molecular weight is 268 g/mol. The first kappa shape index (κ1) is 15.9. The SMILES string of the molecule is CCOCCN(CCOCC)C(=O)C1(C#N)CCC1. The molecule has 5 heteroatoms. The molecule has 0 saturated heterocycles. The number of ether oxygens (including phenoxy) is 2. The zero-order chi connectivity index (χ0) is 14.1. The van der Waals surface area contributed by atoms with Gasteiger partial charge in [-0.3, -0.25) is 4.79 Å². The number of nitrogens with zero attached hydrogens (tertiary/aromatic N) is 2. The van der Waals surface area contributed by atoms with E-state index in [1.165, 1.54) is 0 Å². The summed E-state index contributed by atoms with van der Waals surface area (Å²) in [6, 6.07) is 2.20. The lowest BCUT2D eigenvalue weighted by Gasteiger charge is -2.38. The molecule has 0 aromatic heterocycles. The Hall–Kier alpha value is -1.12. The summed E-state index contributed by atoms with van der Waals surface area (Å²) in [6.45, 7) is 7.20. The summed E-state index contributed by atoms with van der Waals surface area (Å²) in [5.74, 6) is -0.0549. The minimum atomic E-state index is -0.779. The number of carbonyl (C=O) groups is 1. The van der Waals surface area contributed by atoms with Crippen LogP contribution in [0.15, 0.2) is 0 Å². The molecule has 0 aromatic carbocycles. The Bertz CT molecular complexity index is 311. The Morgan fingerprint density at radius 1 is 1.21 bits per heavy atom. The van der Waals surface area contributed by atoms with Crippen LogP contribution in [0.2, 0.25) is 0 Å². The summed E-state index contributed by atoms with van der Waals surface area (Å²) >= 11 is 0. The predicted molar refractivity (Wildman–Crippen MR) is 71.5 cm³/mol. The highest BCUT2D eigenvalue weighted by atomic mass is 16.5. The van der Waals surface area contributed by atoms with E-state index in [9.17, 15) is 10.1 Å². The minimum Gasteiger partial charge on any atom is -0.380 e. The molecule has 0 heterocycles. The summed E-state index contributed by atoms with van der Waals surface area (Å²) in [5, 5.41) is 9.24. The maximum atomic E-state index is 12.5. The number of carbonyl (C=O) groups excluding carboxylic acids is 1. The molecule has 108 valence electrons. The van der Waals surface area contributed by atoms with Crippen molar-refractivity contribution in [3.05, 3.63) is 0 Å². The van der Waals surface area contributed by atoms with E-state index in [0.29, 0.717) is 52.4 Å². The third kappa shape index (κ3) is 4.19. The van der Waals surface area contributed by atoms with Crippen LogP contribution in [-0.2, 0) is 14.3 Å². The molecule has 19 heavy (non-hydrogen) atoms. The summed E-state index contributed by atoms with van der Waals surface area (Å²) in [6.07, 6.45) is 2.33. The van der Waals surface area contributed by atoms with Crippen LogP contribution in [0, 0.1) is 16.7 Å². The number of rotatable bonds is 9. The van der Waals surface area contributed by atoms with Crippen molar-refractivity contribution >= 4 is 5.91 Å². The zero-order valence-corrected chi connectivity index (χ0v) is 12.0. The van der Waals surface area contributed by atoms with Crippen molar-refractivity contribution in [2.75, 3.05) is 39.5 Å². The fourth-order valence-electron chi connectivity index (χ4n) is 2.16. The molecule has 0 bridgehead atoms. The van der Waals surface area contributed by atoms with Crippen LogP contribution in [-0.4, -0.2) is 50.3 Å². The minimum absolute atomic E-state index is 0.0549. The molecule has 0 aromatic rings. The number of hydrogen-bond acceptors (Lipinski definition) is 4. The van der Waals surface area contributed by atoms with Gasteiger partial charge in [0.15, 0.2) is 0 Å². The van der Waals surface area contributed by atoms with Crippen LogP contribution in [0.3, 0.4) is 0 Å². The van der Waals surface area contributed by atoms with Crippen molar-refractivity contribution in [3.8, 4) is 6.07 Å². The Morgan fingerprint density at radius 3 is 2.05 bits per heavy atom. The number of nitriles is 1. The molecule has 1 amide bonds. The Morgan fingerprint density at radius 2 is 1.74 bits per heavy atom. The average Bonchev–Trinajstić information content (AvgIpc) is 2.36. The highest BCUT2D eigenvalue weighted by molar-refractivity contribution is 5.86. The van der Waals surface area contributed by atoms with Gasteiger partial charge in [0.05, 0.1) is 19.3 Å². The van der Waals surface area contributed by atoms with Gasteiger partial charge in [-0.15, -0.1) is 0 Å². The van der Waals surface area contributed by atoms with E-state index in [1.807, 2.05) is 13.8 Å². The van der Waals surface area contributed by atoms with Crippen molar-refractivity contribution in [2.45, 2.75) is 33.1 Å². The third-order valence-electron chi connectivity index (χ3n) is 3.54. The van der Waals surface area contributed by atoms with E-state index in [0.717, 1.165) is 6.42 Å². The van der Waals surface area contributed by atoms with Crippen molar-refractivity contribution in [3.63, 3.8) is 0 Å². The molecule has 1 aliphatic carbocycles. The van der Waals surface area contributed by atoms with Crippen molar-refractivity contribution in [1.29, 1.82) is 5.26 Å². The highest BCUT2D eigenvalue weighted by Crippen LogP contribution is 2.41. The predicted octanol–water partition coefficient (Wildman–Crippen LogP) is 1.58. The van der Waals surface area contributed by atoms with E-state index in [-0.39, 0.29) is 5.91 Å². The smallest absolute Gasteiger partial charge is 0.243 e. The first-order valence-corrected chi connectivity index (χ1v) is 7.06. The zero-order valence-electron chi connectivity index (χ0n) is 12.0. The van der Waals surface area contributed by atoms with Gasteiger partial charge in [-0.05, 0) is 33.1 Å². The van der Waals surface area contributed by atoms with E-state index >= 15 is 0 Å². The molecular formula is C14H24N2O3. The topological polar surface area (TPSA) is 62.6 Å². The standard InChI is InChI=1S/C14H24N2O3/c1-3-18-10-8-16(9-11-19-4-2)13(17)14(12-15)6-5-7-14/h3-11H2,1-2H3. The lowest BCUT2D eigenvalue weighted by atomic mass is 9.69. The van der Waals surface area contributed by atoms with Gasteiger partial charge in [0.25, 0.3) is 0 Å². The number of amides is 1. The van der Waals surface area contributed by atoms with Gasteiger partial charge in [0.2, 0.25) is 5.91 Å². The van der Waals surface area contributed by atoms with Crippen LogP contribution in [0.25, 0.3) is 0 Å². The van der Waals surface area contributed by atoms with Crippen molar-refractivity contribution < 1.29 is 14.3 Å². The molecule has 1 aliphatic rings. The molecule has 1 saturated carbocycles. The maximum absolute atomic E-state index is 12.5. The molecule has 5 nitrogen and oxygen atoms in total.